The van der Waals surface area contributed by atoms with E-state index in [4.69, 9.17) is 9.47 Å². The van der Waals surface area contributed by atoms with Gasteiger partial charge in [-0.15, -0.1) is 0 Å². The van der Waals surface area contributed by atoms with Crippen molar-refractivity contribution in [2.75, 3.05) is 13.2 Å². The Morgan fingerprint density at radius 2 is 1.89 bits per heavy atom. The monoisotopic (exact) mass is 250 g/mol. The molecule has 0 aliphatic heterocycles. The molecule has 1 unspecified atom stereocenters. The van der Waals surface area contributed by atoms with E-state index >= 15 is 0 Å². The molecule has 100 valence electrons. The Kier molecular flexibility index (Phi) is 6.44. The SMILES string of the molecule is CCCC(OCC)C(=O)c1ccccc1OCC. The quantitative estimate of drug-likeness (QED) is 0.663. The van der Waals surface area contributed by atoms with Gasteiger partial charge >= 0.3 is 0 Å². The lowest BCUT2D eigenvalue weighted by Gasteiger charge is -2.17. The minimum absolute atomic E-state index is 0.0164. The summed E-state index contributed by atoms with van der Waals surface area (Å²) < 4.78 is 11.0. The van der Waals surface area contributed by atoms with Crippen LogP contribution in [0.25, 0.3) is 0 Å². The summed E-state index contributed by atoms with van der Waals surface area (Å²) in [6.07, 6.45) is 1.31. The van der Waals surface area contributed by atoms with E-state index in [0.717, 1.165) is 12.8 Å². The van der Waals surface area contributed by atoms with Crippen LogP contribution in [0.3, 0.4) is 0 Å². The van der Waals surface area contributed by atoms with E-state index in [1.807, 2.05) is 39.0 Å². The van der Waals surface area contributed by atoms with Crippen molar-refractivity contribution in [1.29, 1.82) is 0 Å². The van der Waals surface area contributed by atoms with Gasteiger partial charge in [-0.3, -0.25) is 4.79 Å². The molecule has 1 aromatic rings. The van der Waals surface area contributed by atoms with Crippen molar-refractivity contribution in [3.63, 3.8) is 0 Å². The second kappa shape index (κ2) is 7.88. The molecule has 0 aromatic heterocycles. The van der Waals surface area contributed by atoms with Gasteiger partial charge in [0.25, 0.3) is 0 Å². The minimum Gasteiger partial charge on any atom is -0.493 e. The van der Waals surface area contributed by atoms with Gasteiger partial charge in [-0.2, -0.15) is 0 Å². The van der Waals surface area contributed by atoms with Crippen LogP contribution in [0, 0.1) is 0 Å². The molecule has 0 aliphatic rings. The molecule has 0 fully saturated rings. The highest BCUT2D eigenvalue weighted by atomic mass is 16.5. The summed E-state index contributed by atoms with van der Waals surface area (Å²) >= 11 is 0. The van der Waals surface area contributed by atoms with Crippen LogP contribution in [0.1, 0.15) is 44.0 Å². The topological polar surface area (TPSA) is 35.5 Å². The van der Waals surface area contributed by atoms with Crippen molar-refractivity contribution >= 4 is 5.78 Å². The Labute approximate surface area is 109 Å². The Balaban J connectivity index is 2.92. The van der Waals surface area contributed by atoms with Crippen LogP contribution >= 0.6 is 0 Å². The molecular formula is C15H22O3. The van der Waals surface area contributed by atoms with E-state index in [2.05, 4.69) is 0 Å². The molecule has 3 nitrogen and oxygen atoms in total. The molecule has 0 radical (unpaired) electrons. The summed E-state index contributed by atoms with van der Waals surface area (Å²) in [6, 6.07) is 7.35. The first-order valence-electron chi connectivity index (χ1n) is 6.62. The van der Waals surface area contributed by atoms with Gasteiger partial charge in [0.1, 0.15) is 11.9 Å². The molecule has 1 aromatic carbocycles. The van der Waals surface area contributed by atoms with Crippen molar-refractivity contribution < 1.29 is 14.3 Å². The zero-order valence-corrected chi connectivity index (χ0v) is 11.4. The third-order valence-electron chi connectivity index (χ3n) is 2.66. The lowest BCUT2D eigenvalue weighted by molar-refractivity contribution is 0.0420. The fourth-order valence-corrected chi connectivity index (χ4v) is 1.88. The normalized spacial score (nSPS) is 12.2. The van der Waals surface area contributed by atoms with Crippen molar-refractivity contribution in [1.82, 2.24) is 0 Å². The minimum atomic E-state index is -0.360. The molecule has 0 spiro atoms. The van der Waals surface area contributed by atoms with E-state index < -0.39 is 0 Å². The number of carbonyl (C=O) groups excluding carboxylic acids is 1. The van der Waals surface area contributed by atoms with E-state index in [0.29, 0.717) is 24.5 Å². The number of carbonyl (C=O) groups is 1. The lowest BCUT2D eigenvalue weighted by Crippen LogP contribution is -2.25. The molecule has 0 bridgehead atoms. The molecular weight excluding hydrogens is 228 g/mol. The van der Waals surface area contributed by atoms with Crippen LogP contribution in [0.5, 0.6) is 5.75 Å². The molecule has 3 heteroatoms. The van der Waals surface area contributed by atoms with Crippen LogP contribution in [0.2, 0.25) is 0 Å². The number of hydrogen-bond acceptors (Lipinski definition) is 3. The number of hydrogen-bond donors (Lipinski definition) is 0. The molecule has 18 heavy (non-hydrogen) atoms. The highest BCUT2D eigenvalue weighted by Crippen LogP contribution is 2.22. The molecule has 0 aliphatic carbocycles. The van der Waals surface area contributed by atoms with E-state index in [1.165, 1.54) is 0 Å². The maximum Gasteiger partial charge on any atom is 0.195 e. The zero-order valence-electron chi connectivity index (χ0n) is 11.4. The van der Waals surface area contributed by atoms with Gasteiger partial charge in [-0.05, 0) is 32.4 Å². The maximum absolute atomic E-state index is 12.4. The summed E-state index contributed by atoms with van der Waals surface area (Å²) in [5, 5.41) is 0. The Bertz CT molecular complexity index is 368. The van der Waals surface area contributed by atoms with E-state index in [1.54, 1.807) is 6.07 Å². The van der Waals surface area contributed by atoms with Crippen molar-refractivity contribution in [2.24, 2.45) is 0 Å². The number of benzene rings is 1. The van der Waals surface area contributed by atoms with Gasteiger partial charge in [0.05, 0.1) is 12.2 Å². The van der Waals surface area contributed by atoms with Crippen molar-refractivity contribution in [3.8, 4) is 5.75 Å². The summed E-state index contributed by atoms with van der Waals surface area (Å²) in [7, 11) is 0. The van der Waals surface area contributed by atoms with Crippen LogP contribution in [0.15, 0.2) is 24.3 Å². The van der Waals surface area contributed by atoms with Crippen molar-refractivity contribution in [2.45, 2.75) is 39.7 Å². The van der Waals surface area contributed by atoms with Crippen LogP contribution in [-0.2, 0) is 4.74 Å². The van der Waals surface area contributed by atoms with Crippen LogP contribution in [0.4, 0.5) is 0 Å². The van der Waals surface area contributed by atoms with Gasteiger partial charge in [0.15, 0.2) is 5.78 Å². The summed E-state index contributed by atoms with van der Waals surface area (Å²) in [5.74, 6) is 0.661. The summed E-state index contributed by atoms with van der Waals surface area (Å²) in [4.78, 5) is 12.4. The third kappa shape index (κ3) is 3.84. The molecule has 0 saturated heterocycles. The second-order valence-corrected chi connectivity index (χ2v) is 4.03. The Morgan fingerprint density at radius 1 is 1.17 bits per heavy atom. The third-order valence-corrected chi connectivity index (χ3v) is 2.66. The van der Waals surface area contributed by atoms with Crippen LogP contribution in [-0.4, -0.2) is 25.1 Å². The first-order chi connectivity index (χ1) is 8.74. The lowest BCUT2D eigenvalue weighted by atomic mass is 10.0. The summed E-state index contributed by atoms with van der Waals surface area (Å²) in [6.45, 7) is 6.97. The van der Waals surface area contributed by atoms with Gasteiger partial charge in [-0.1, -0.05) is 25.5 Å². The second-order valence-electron chi connectivity index (χ2n) is 4.03. The Morgan fingerprint density at radius 3 is 2.50 bits per heavy atom. The molecule has 0 saturated carbocycles. The first-order valence-corrected chi connectivity index (χ1v) is 6.62. The predicted molar refractivity (Wildman–Crippen MR) is 72.3 cm³/mol. The largest absolute Gasteiger partial charge is 0.493 e. The van der Waals surface area contributed by atoms with Crippen molar-refractivity contribution in [3.05, 3.63) is 29.8 Å². The molecule has 0 amide bonds. The van der Waals surface area contributed by atoms with Crippen LogP contribution < -0.4 is 4.74 Å². The number of ketones is 1. The first kappa shape index (κ1) is 14.7. The maximum atomic E-state index is 12.4. The van der Waals surface area contributed by atoms with Gasteiger partial charge in [0, 0.05) is 6.61 Å². The molecule has 0 heterocycles. The number of para-hydroxylation sites is 1. The van der Waals surface area contributed by atoms with Gasteiger partial charge < -0.3 is 9.47 Å². The highest BCUT2D eigenvalue weighted by Gasteiger charge is 2.22. The van der Waals surface area contributed by atoms with E-state index in [9.17, 15) is 4.79 Å². The number of rotatable bonds is 8. The molecule has 0 N–H and O–H groups in total. The fourth-order valence-electron chi connectivity index (χ4n) is 1.88. The fraction of sp³-hybridized carbons (Fsp3) is 0.533. The number of Topliss-reactive ketones (excluding diaryl/α,β-unsaturated/α-hetero) is 1. The average molecular weight is 250 g/mol. The Hall–Kier alpha value is -1.35. The highest BCUT2D eigenvalue weighted by molar-refractivity contribution is 6.01. The predicted octanol–water partition coefficient (Wildman–Crippen LogP) is 3.47. The van der Waals surface area contributed by atoms with E-state index in [-0.39, 0.29) is 11.9 Å². The zero-order chi connectivity index (χ0) is 13.4. The standard InChI is InChI=1S/C15H22O3/c1-4-9-14(18-6-3)15(16)12-10-7-8-11-13(12)17-5-2/h7-8,10-11,14H,4-6,9H2,1-3H3. The average Bonchev–Trinajstić information content (AvgIpc) is 2.39. The summed E-state index contributed by atoms with van der Waals surface area (Å²) in [5.41, 5.74) is 0.617. The number of ether oxygens (including phenoxy) is 2. The molecule has 1 atom stereocenters. The van der Waals surface area contributed by atoms with Gasteiger partial charge in [-0.25, -0.2) is 0 Å². The smallest absolute Gasteiger partial charge is 0.195 e. The van der Waals surface area contributed by atoms with Gasteiger partial charge in [0.2, 0.25) is 0 Å². The molecule has 1 rings (SSSR count).